The largest absolute Gasteiger partial charge is 0.468 e. The summed E-state index contributed by atoms with van der Waals surface area (Å²) in [7, 11) is 1.24. The van der Waals surface area contributed by atoms with E-state index in [-0.39, 0.29) is 30.1 Å². The molecule has 0 saturated heterocycles. The molecule has 0 bridgehead atoms. The van der Waals surface area contributed by atoms with Gasteiger partial charge in [-0.05, 0) is 54.3 Å². The molecule has 0 aromatic heterocycles. The van der Waals surface area contributed by atoms with Gasteiger partial charge in [-0.2, -0.15) is 0 Å². The molecule has 2 N–H and O–H groups in total. The molecule has 6 nitrogen and oxygen atoms in total. The Bertz CT molecular complexity index is 849. The van der Waals surface area contributed by atoms with Crippen molar-refractivity contribution < 1.29 is 23.5 Å². The van der Waals surface area contributed by atoms with Crippen LogP contribution in [0.5, 0.6) is 0 Å². The molecule has 1 aliphatic rings. The Morgan fingerprint density at radius 1 is 1.07 bits per heavy atom. The van der Waals surface area contributed by atoms with Crippen molar-refractivity contribution in [1.29, 1.82) is 0 Å². The minimum absolute atomic E-state index is 0.104. The van der Waals surface area contributed by atoms with Gasteiger partial charge < -0.3 is 15.4 Å². The molecule has 2 amide bonds. The zero-order valence-electron chi connectivity index (χ0n) is 14.7. The zero-order valence-corrected chi connectivity index (χ0v) is 14.7. The quantitative estimate of drug-likeness (QED) is 0.765. The van der Waals surface area contributed by atoms with Crippen molar-refractivity contribution in [3.63, 3.8) is 0 Å². The van der Waals surface area contributed by atoms with Crippen LogP contribution >= 0.6 is 0 Å². The maximum Gasteiger partial charge on any atom is 0.325 e. The number of hydrogen-bond donors (Lipinski definition) is 2. The highest BCUT2D eigenvalue weighted by Crippen LogP contribution is 2.47. The normalized spacial score (nSPS) is 17.7. The smallest absolute Gasteiger partial charge is 0.325 e. The molecule has 1 saturated carbocycles. The Morgan fingerprint density at radius 3 is 2.37 bits per heavy atom. The van der Waals surface area contributed by atoms with Crippen LogP contribution in [0.15, 0.2) is 48.5 Å². The lowest BCUT2D eigenvalue weighted by molar-refractivity contribution is -0.139. The number of rotatable bonds is 6. The molecule has 2 atom stereocenters. The van der Waals surface area contributed by atoms with E-state index in [1.54, 1.807) is 36.4 Å². The minimum atomic E-state index is -0.535. The number of carbonyl (C=O) groups excluding carboxylic acids is 3. The highest BCUT2D eigenvalue weighted by atomic mass is 19.1. The summed E-state index contributed by atoms with van der Waals surface area (Å²) in [4.78, 5) is 35.3. The van der Waals surface area contributed by atoms with Crippen molar-refractivity contribution >= 4 is 23.5 Å². The molecule has 1 aliphatic carbocycles. The number of benzene rings is 2. The van der Waals surface area contributed by atoms with E-state index in [0.717, 1.165) is 12.0 Å². The van der Waals surface area contributed by atoms with Gasteiger partial charge in [0.05, 0.1) is 7.11 Å². The van der Waals surface area contributed by atoms with Crippen LogP contribution in [0.3, 0.4) is 0 Å². The third-order valence-corrected chi connectivity index (χ3v) is 4.46. The zero-order chi connectivity index (χ0) is 19.4. The summed E-state index contributed by atoms with van der Waals surface area (Å²) in [5.74, 6) is -1.37. The first-order valence-electron chi connectivity index (χ1n) is 8.49. The van der Waals surface area contributed by atoms with Gasteiger partial charge >= 0.3 is 5.97 Å². The number of carbonyl (C=O) groups is 3. The predicted molar refractivity (Wildman–Crippen MR) is 96.7 cm³/mol. The van der Waals surface area contributed by atoms with Gasteiger partial charge in [0.1, 0.15) is 12.4 Å². The molecule has 140 valence electrons. The van der Waals surface area contributed by atoms with E-state index in [2.05, 4.69) is 15.4 Å². The number of halogens is 1. The summed E-state index contributed by atoms with van der Waals surface area (Å²) in [6, 6.07) is 12.6. The van der Waals surface area contributed by atoms with E-state index in [1.165, 1.54) is 19.2 Å². The van der Waals surface area contributed by atoms with Crippen molar-refractivity contribution in [3.8, 4) is 0 Å². The van der Waals surface area contributed by atoms with Gasteiger partial charge in [0.15, 0.2) is 0 Å². The van der Waals surface area contributed by atoms with E-state index in [0.29, 0.717) is 11.3 Å². The average Bonchev–Trinajstić information content (AvgIpc) is 3.48. The fraction of sp³-hybridized carbons (Fsp3) is 0.250. The molecular weight excluding hydrogens is 351 g/mol. The maximum absolute atomic E-state index is 13.0. The Labute approximate surface area is 155 Å². The minimum Gasteiger partial charge on any atom is -0.468 e. The molecule has 0 radical (unpaired) electrons. The molecular formula is C20H19FN2O4. The van der Waals surface area contributed by atoms with E-state index in [9.17, 15) is 18.8 Å². The second-order valence-electron chi connectivity index (χ2n) is 6.33. The Kier molecular flexibility index (Phi) is 5.49. The molecule has 2 unspecified atom stereocenters. The van der Waals surface area contributed by atoms with Crippen LogP contribution in [0.1, 0.15) is 28.3 Å². The van der Waals surface area contributed by atoms with Gasteiger partial charge in [0.2, 0.25) is 5.91 Å². The molecule has 27 heavy (non-hydrogen) atoms. The average molecular weight is 370 g/mol. The van der Waals surface area contributed by atoms with Crippen LogP contribution in [-0.4, -0.2) is 31.4 Å². The Hall–Kier alpha value is -3.22. The first kappa shape index (κ1) is 18.6. The van der Waals surface area contributed by atoms with Gasteiger partial charge in [-0.3, -0.25) is 14.4 Å². The third-order valence-electron chi connectivity index (χ3n) is 4.46. The number of amides is 2. The van der Waals surface area contributed by atoms with Crippen LogP contribution in [0.2, 0.25) is 0 Å². The van der Waals surface area contributed by atoms with Crippen molar-refractivity contribution in [2.75, 3.05) is 19.0 Å². The van der Waals surface area contributed by atoms with Gasteiger partial charge in [-0.15, -0.1) is 0 Å². The Balaban J connectivity index is 1.52. The van der Waals surface area contributed by atoms with Gasteiger partial charge in [0, 0.05) is 17.2 Å². The van der Waals surface area contributed by atoms with Crippen LogP contribution in [-0.2, 0) is 14.3 Å². The lowest BCUT2D eigenvalue weighted by Gasteiger charge is -2.07. The van der Waals surface area contributed by atoms with E-state index in [1.807, 2.05) is 0 Å². The van der Waals surface area contributed by atoms with Crippen molar-refractivity contribution in [2.45, 2.75) is 12.3 Å². The number of anilines is 1. The summed E-state index contributed by atoms with van der Waals surface area (Å²) >= 11 is 0. The SMILES string of the molecule is COC(=O)CNC(=O)c1ccc(NC(=O)C2CC2c2ccc(F)cc2)cc1. The van der Waals surface area contributed by atoms with E-state index >= 15 is 0 Å². The van der Waals surface area contributed by atoms with Crippen molar-refractivity contribution in [3.05, 3.63) is 65.5 Å². The maximum atomic E-state index is 13.0. The fourth-order valence-corrected chi connectivity index (χ4v) is 2.83. The summed E-state index contributed by atoms with van der Waals surface area (Å²) in [6.07, 6.45) is 0.728. The first-order chi connectivity index (χ1) is 13.0. The lowest BCUT2D eigenvalue weighted by atomic mass is 10.1. The molecule has 0 heterocycles. The molecule has 0 spiro atoms. The molecule has 2 aromatic carbocycles. The molecule has 3 rings (SSSR count). The van der Waals surface area contributed by atoms with Gasteiger partial charge in [-0.25, -0.2) is 4.39 Å². The molecule has 2 aromatic rings. The number of esters is 1. The standard InChI is InChI=1S/C20H19FN2O4/c1-27-18(24)11-22-19(25)13-4-8-15(9-5-13)23-20(26)17-10-16(17)12-2-6-14(21)7-3-12/h2-9,16-17H,10-11H2,1H3,(H,22,25)(H,23,26). The second kappa shape index (κ2) is 7.99. The fourth-order valence-electron chi connectivity index (χ4n) is 2.83. The van der Waals surface area contributed by atoms with Gasteiger partial charge in [0.25, 0.3) is 5.91 Å². The topological polar surface area (TPSA) is 84.5 Å². The van der Waals surface area contributed by atoms with Gasteiger partial charge in [-0.1, -0.05) is 12.1 Å². The van der Waals surface area contributed by atoms with Crippen molar-refractivity contribution in [2.24, 2.45) is 5.92 Å². The van der Waals surface area contributed by atoms with E-state index in [4.69, 9.17) is 0 Å². The van der Waals surface area contributed by atoms with E-state index < -0.39 is 11.9 Å². The van der Waals surface area contributed by atoms with Crippen LogP contribution in [0.25, 0.3) is 0 Å². The monoisotopic (exact) mass is 370 g/mol. The summed E-state index contributed by atoms with van der Waals surface area (Å²) in [5.41, 5.74) is 1.90. The Morgan fingerprint density at radius 2 is 1.74 bits per heavy atom. The number of nitrogens with one attached hydrogen (secondary N) is 2. The van der Waals surface area contributed by atoms with Crippen LogP contribution in [0.4, 0.5) is 10.1 Å². The third kappa shape index (κ3) is 4.69. The number of ether oxygens (including phenoxy) is 1. The predicted octanol–water partition coefficient (Wildman–Crippen LogP) is 2.47. The van der Waals surface area contributed by atoms with Crippen LogP contribution in [0, 0.1) is 11.7 Å². The molecule has 1 fully saturated rings. The number of hydrogen-bond acceptors (Lipinski definition) is 4. The summed E-state index contributed by atoms with van der Waals surface area (Å²) in [6.45, 7) is -0.208. The first-order valence-corrected chi connectivity index (χ1v) is 8.49. The van der Waals surface area contributed by atoms with Crippen LogP contribution < -0.4 is 10.6 Å². The highest BCUT2D eigenvalue weighted by molar-refractivity contribution is 5.98. The molecule has 7 heteroatoms. The summed E-state index contributed by atoms with van der Waals surface area (Å²) in [5, 5.41) is 5.26. The van der Waals surface area contributed by atoms with Crippen molar-refractivity contribution in [1.82, 2.24) is 5.32 Å². The molecule has 0 aliphatic heterocycles. The second-order valence-corrected chi connectivity index (χ2v) is 6.33. The lowest BCUT2D eigenvalue weighted by Crippen LogP contribution is -2.30. The summed E-state index contributed by atoms with van der Waals surface area (Å²) < 4.78 is 17.4. The number of methoxy groups -OCH3 is 1. The highest BCUT2D eigenvalue weighted by Gasteiger charge is 2.43.